The summed E-state index contributed by atoms with van der Waals surface area (Å²) in [7, 11) is 1.78. The Labute approximate surface area is 233 Å². The summed E-state index contributed by atoms with van der Waals surface area (Å²) in [5, 5.41) is 3.47. The van der Waals surface area contributed by atoms with Crippen molar-refractivity contribution in [3.63, 3.8) is 0 Å². The van der Waals surface area contributed by atoms with E-state index in [0.29, 0.717) is 66.9 Å². The van der Waals surface area contributed by atoms with Crippen LogP contribution >= 0.6 is 0 Å². The molecule has 216 valence electrons. The van der Waals surface area contributed by atoms with Gasteiger partial charge in [-0.05, 0) is 56.6 Å². The number of nitrogens with one attached hydrogen (secondary N) is 1. The van der Waals surface area contributed by atoms with Gasteiger partial charge in [-0.15, -0.1) is 0 Å². The second kappa shape index (κ2) is 12.3. The molecule has 3 aliphatic rings. The maximum Gasteiger partial charge on any atom is 0.296 e. The number of nitrogens with zero attached hydrogens (tertiary/aromatic N) is 6. The minimum absolute atomic E-state index is 0.314. The van der Waals surface area contributed by atoms with Crippen molar-refractivity contribution >= 4 is 22.8 Å². The van der Waals surface area contributed by atoms with Crippen molar-refractivity contribution in [2.75, 3.05) is 63.3 Å². The zero-order chi connectivity index (χ0) is 27.5. The van der Waals surface area contributed by atoms with Gasteiger partial charge in [0.15, 0.2) is 5.82 Å². The fraction of sp³-hybridized carbons (Fsp3) is 0.621. The van der Waals surface area contributed by atoms with Crippen molar-refractivity contribution in [2.45, 2.75) is 57.0 Å². The van der Waals surface area contributed by atoms with Crippen LogP contribution in [0.4, 0.5) is 20.5 Å². The normalized spacial score (nSPS) is 22.0. The summed E-state index contributed by atoms with van der Waals surface area (Å²) in [5.41, 5.74) is 1.11. The van der Waals surface area contributed by atoms with Crippen LogP contribution in [0, 0.1) is 5.92 Å². The van der Waals surface area contributed by atoms with Gasteiger partial charge in [0.1, 0.15) is 11.6 Å². The number of imidazole rings is 1. The van der Waals surface area contributed by atoms with Crippen LogP contribution in [0.2, 0.25) is 0 Å². The largest absolute Gasteiger partial charge is 0.383 e. The molecule has 1 aromatic carbocycles. The monoisotopic (exact) mass is 555 g/mol. The molecular formula is C29H39F2N7O2. The van der Waals surface area contributed by atoms with E-state index >= 15 is 0 Å². The number of aromatic nitrogens is 4. The van der Waals surface area contributed by atoms with Crippen LogP contribution in [0.3, 0.4) is 0 Å². The Bertz CT molecular complexity index is 1270. The van der Waals surface area contributed by atoms with E-state index < -0.39 is 6.43 Å². The molecule has 2 aromatic heterocycles. The van der Waals surface area contributed by atoms with Crippen molar-refractivity contribution < 1.29 is 18.3 Å². The van der Waals surface area contributed by atoms with Crippen LogP contribution in [0.25, 0.3) is 16.9 Å². The summed E-state index contributed by atoms with van der Waals surface area (Å²) in [6.45, 7) is 5.14. The van der Waals surface area contributed by atoms with Gasteiger partial charge in [-0.3, -0.25) is 9.47 Å². The summed E-state index contributed by atoms with van der Waals surface area (Å²) in [4.78, 5) is 18.6. The number of morpholine rings is 1. The predicted molar refractivity (Wildman–Crippen MR) is 150 cm³/mol. The molecule has 3 aromatic rings. The highest BCUT2D eigenvalue weighted by atomic mass is 19.3. The van der Waals surface area contributed by atoms with E-state index in [4.69, 9.17) is 19.4 Å². The third kappa shape index (κ3) is 6.06. The molecule has 3 fully saturated rings. The lowest BCUT2D eigenvalue weighted by molar-refractivity contribution is 0.0879. The topological polar surface area (TPSA) is 80.6 Å². The Balaban J connectivity index is 1.21. The predicted octanol–water partition coefficient (Wildman–Crippen LogP) is 4.67. The molecule has 1 N–H and O–H groups in total. The van der Waals surface area contributed by atoms with Crippen molar-refractivity contribution in [2.24, 2.45) is 5.92 Å². The highest BCUT2D eigenvalue weighted by molar-refractivity contribution is 5.78. The Hall–Kier alpha value is -2.89. The Morgan fingerprint density at radius 1 is 1.00 bits per heavy atom. The number of hydrogen-bond donors (Lipinski definition) is 1. The molecule has 0 unspecified atom stereocenters. The van der Waals surface area contributed by atoms with Gasteiger partial charge in [-0.25, -0.2) is 13.8 Å². The summed E-state index contributed by atoms with van der Waals surface area (Å²) < 4.78 is 40.6. The number of anilines is 2. The number of alkyl halides is 2. The molecule has 0 atom stereocenters. The van der Waals surface area contributed by atoms with Crippen molar-refractivity contribution in [3.05, 3.63) is 36.2 Å². The van der Waals surface area contributed by atoms with Gasteiger partial charge in [0.2, 0.25) is 5.95 Å². The second-order valence-corrected chi connectivity index (χ2v) is 11.1. The minimum Gasteiger partial charge on any atom is -0.383 e. The maximum atomic E-state index is 14.1. The Kier molecular flexibility index (Phi) is 8.40. The van der Waals surface area contributed by atoms with E-state index in [-0.39, 0.29) is 5.82 Å². The first-order chi connectivity index (χ1) is 19.6. The third-order valence-corrected chi connectivity index (χ3v) is 8.45. The first-order valence-electron chi connectivity index (χ1n) is 14.6. The number of hydrogen-bond acceptors (Lipinski definition) is 8. The van der Waals surface area contributed by atoms with E-state index in [1.807, 2.05) is 6.07 Å². The summed E-state index contributed by atoms with van der Waals surface area (Å²) in [6.07, 6.45) is 4.54. The highest BCUT2D eigenvalue weighted by Crippen LogP contribution is 2.35. The molecule has 3 heterocycles. The number of ether oxygens (including phenoxy) is 2. The van der Waals surface area contributed by atoms with Crippen molar-refractivity contribution in [1.82, 2.24) is 24.4 Å². The molecule has 0 radical (unpaired) electrons. The number of para-hydroxylation sites is 2. The number of fused-ring (bicyclic) bond motifs is 1. The standard InChI is InChI=1S/C29H39F2N7O2/c1-39-15-14-37(22-10-11-22)21-8-6-20(7-9-21)19-32-29-34-25(36-12-16-40-17-13-36)18-26(35-29)38-24-5-3-2-4-23(24)33-28(38)27(30)31/h2-5,18,20-22,27H,6-17,19H2,1H3,(H,32,34,35). The molecule has 11 heteroatoms. The molecule has 40 heavy (non-hydrogen) atoms. The summed E-state index contributed by atoms with van der Waals surface area (Å²) >= 11 is 0. The van der Waals surface area contributed by atoms with Crippen molar-refractivity contribution in [3.8, 4) is 5.82 Å². The molecule has 6 rings (SSSR count). The molecule has 9 nitrogen and oxygen atoms in total. The summed E-state index contributed by atoms with van der Waals surface area (Å²) in [5.74, 6) is 1.76. The van der Waals surface area contributed by atoms with E-state index in [9.17, 15) is 8.78 Å². The van der Waals surface area contributed by atoms with Gasteiger partial charge in [-0.2, -0.15) is 9.97 Å². The van der Waals surface area contributed by atoms with Crippen LogP contribution < -0.4 is 10.2 Å². The Morgan fingerprint density at radius 3 is 2.40 bits per heavy atom. The molecule has 0 spiro atoms. The quantitative estimate of drug-likeness (QED) is 0.366. The minimum atomic E-state index is -2.74. The molecule has 1 saturated heterocycles. The van der Waals surface area contributed by atoms with Gasteiger partial charge in [0.05, 0.1) is 30.9 Å². The number of methoxy groups -OCH3 is 1. The summed E-state index contributed by atoms with van der Waals surface area (Å²) in [6, 6.07) is 10.3. The van der Waals surface area contributed by atoms with Crippen molar-refractivity contribution in [1.29, 1.82) is 0 Å². The fourth-order valence-corrected chi connectivity index (χ4v) is 6.18. The van der Waals surface area contributed by atoms with E-state index in [2.05, 4.69) is 20.1 Å². The van der Waals surface area contributed by atoms with Gasteiger partial charge in [-0.1, -0.05) is 12.1 Å². The second-order valence-electron chi connectivity index (χ2n) is 11.1. The van der Waals surface area contributed by atoms with Gasteiger partial charge < -0.3 is 19.7 Å². The van der Waals surface area contributed by atoms with E-state index in [1.165, 1.54) is 30.3 Å². The lowest BCUT2D eigenvalue weighted by Crippen LogP contribution is -2.42. The van der Waals surface area contributed by atoms with E-state index in [1.54, 1.807) is 31.4 Å². The third-order valence-electron chi connectivity index (χ3n) is 8.45. The zero-order valence-corrected chi connectivity index (χ0v) is 23.1. The highest BCUT2D eigenvalue weighted by Gasteiger charge is 2.35. The van der Waals surface area contributed by atoms with Crippen LogP contribution in [-0.2, 0) is 9.47 Å². The average molecular weight is 556 g/mol. The number of benzene rings is 1. The first kappa shape index (κ1) is 27.3. The van der Waals surface area contributed by atoms with Crippen LogP contribution in [0.1, 0.15) is 50.8 Å². The lowest BCUT2D eigenvalue weighted by atomic mass is 9.85. The Morgan fingerprint density at radius 2 is 1.70 bits per heavy atom. The van der Waals surface area contributed by atoms with Crippen LogP contribution in [0.5, 0.6) is 0 Å². The zero-order valence-electron chi connectivity index (χ0n) is 23.1. The fourth-order valence-electron chi connectivity index (χ4n) is 6.18. The van der Waals surface area contributed by atoms with Gasteiger partial charge in [0, 0.05) is 51.4 Å². The number of rotatable bonds is 11. The molecule has 0 bridgehead atoms. The molecule has 0 amide bonds. The molecule has 2 aliphatic carbocycles. The van der Waals surface area contributed by atoms with Gasteiger partial charge >= 0.3 is 0 Å². The van der Waals surface area contributed by atoms with E-state index in [0.717, 1.165) is 38.6 Å². The average Bonchev–Trinajstić information content (AvgIpc) is 3.75. The van der Waals surface area contributed by atoms with Crippen LogP contribution in [-0.4, -0.2) is 89.6 Å². The molecular weight excluding hydrogens is 516 g/mol. The SMILES string of the molecule is COCCN(C1CCC(CNc2nc(N3CCOCC3)cc(-n3c(C(F)F)nc4ccccc43)n2)CC1)C1CC1. The smallest absolute Gasteiger partial charge is 0.296 e. The molecule has 2 saturated carbocycles. The maximum absolute atomic E-state index is 14.1. The van der Waals surface area contributed by atoms with Gasteiger partial charge in [0.25, 0.3) is 6.43 Å². The number of halogens is 2. The lowest BCUT2D eigenvalue weighted by Gasteiger charge is -2.37. The molecule has 1 aliphatic heterocycles. The van der Waals surface area contributed by atoms with Crippen LogP contribution in [0.15, 0.2) is 30.3 Å². The first-order valence-corrected chi connectivity index (χ1v) is 14.6.